The molecule has 1 unspecified atom stereocenters. The minimum atomic E-state index is -0.456. The lowest BCUT2D eigenvalue weighted by Crippen LogP contribution is -2.38. The van der Waals surface area contributed by atoms with Crippen LogP contribution in [0.15, 0.2) is 42.6 Å². The number of carbonyl (C=O) groups excluding carboxylic acids is 1. The highest BCUT2D eigenvalue weighted by molar-refractivity contribution is 5.78. The summed E-state index contributed by atoms with van der Waals surface area (Å²) in [7, 11) is 0. The molecule has 2 aromatic heterocycles. The van der Waals surface area contributed by atoms with Gasteiger partial charge in [0.1, 0.15) is 0 Å². The second-order valence-corrected chi connectivity index (χ2v) is 7.29. The van der Waals surface area contributed by atoms with Crippen molar-refractivity contribution in [1.82, 2.24) is 35.8 Å². The first kappa shape index (κ1) is 23.5. The molecule has 180 valence electrons. The van der Waals surface area contributed by atoms with Gasteiger partial charge in [-0.15, -0.1) is 5.10 Å². The Morgan fingerprint density at radius 1 is 1.18 bits per heavy atom. The van der Waals surface area contributed by atoms with Gasteiger partial charge in [-0.25, -0.2) is 0 Å². The molecule has 1 amide bonds. The third-order valence-electron chi connectivity index (χ3n) is 4.97. The quantitative estimate of drug-likeness (QED) is 0.346. The smallest absolute Gasteiger partial charge is 0.234 e. The summed E-state index contributed by atoms with van der Waals surface area (Å²) in [4.78, 5) is 16.6. The van der Waals surface area contributed by atoms with Gasteiger partial charge in [-0.2, -0.15) is 4.68 Å². The van der Waals surface area contributed by atoms with Crippen molar-refractivity contribution in [2.75, 3.05) is 39.8 Å². The molecule has 0 fully saturated rings. The van der Waals surface area contributed by atoms with Crippen LogP contribution in [0.1, 0.15) is 24.5 Å². The standard InChI is InChI=1S/C22H27N7O5/c1-2-31-9-10-32-14-18(24-13-21(30)25-12-16-5-3-4-8-23-16)22-26-27-28-29(22)17-6-7-19-20(11-17)34-15-33-19/h3-8,11,18,24H,2,9-10,12-15H2,1H3,(H,25,30). The van der Waals surface area contributed by atoms with Crippen LogP contribution in [0.2, 0.25) is 0 Å². The van der Waals surface area contributed by atoms with Crippen molar-refractivity contribution < 1.29 is 23.7 Å². The molecule has 0 spiro atoms. The van der Waals surface area contributed by atoms with Gasteiger partial charge in [-0.3, -0.25) is 15.1 Å². The number of nitrogens with zero attached hydrogens (tertiary/aromatic N) is 5. The molecule has 2 N–H and O–H groups in total. The van der Waals surface area contributed by atoms with Gasteiger partial charge in [0, 0.05) is 18.9 Å². The zero-order chi connectivity index (χ0) is 23.6. The van der Waals surface area contributed by atoms with Crippen molar-refractivity contribution in [3.63, 3.8) is 0 Å². The Balaban J connectivity index is 1.42. The van der Waals surface area contributed by atoms with Crippen LogP contribution in [-0.4, -0.2) is 70.9 Å². The molecule has 0 saturated heterocycles. The zero-order valence-electron chi connectivity index (χ0n) is 18.8. The molecule has 1 aliphatic heterocycles. The number of fused-ring (bicyclic) bond motifs is 1. The average molecular weight is 470 g/mol. The summed E-state index contributed by atoms with van der Waals surface area (Å²) in [5.74, 6) is 1.59. The summed E-state index contributed by atoms with van der Waals surface area (Å²) in [6, 6.07) is 10.5. The number of hydrogen-bond donors (Lipinski definition) is 2. The van der Waals surface area contributed by atoms with E-state index in [4.69, 9.17) is 18.9 Å². The first-order chi connectivity index (χ1) is 16.7. The molecular weight excluding hydrogens is 442 g/mol. The summed E-state index contributed by atoms with van der Waals surface area (Å²) < 4.78 is 23.5. The molecular formula is C22H27N7O5. The SMILES string of the molecule is CCOCCOCC(NCC(=O)NCc1ccccn1)c1nnnn1-c1ccc2c(c1)OCO2. The van der Waals surface area contributed by atoms with Crippen LogP contribution in [0, 0.1) is 0 Å². The molecule has 3 heterocycles. The highest BCUT2D eigenvalue weighted by Crippen LogP contribution is 2.33. The lowest BCUT2D eigenvalue weighted by Gasteiger charge is -2.18. The number of benzene rings is 1. The summed E-state index contributed by atoms with van der Waals surface area (Å²) in [6.45, 7) is 4.21. The monoisotopic (exact) mass is 469 g/mol. The molecule has 4 rings (SSSR count). The van der Waals surface area contributed by atoms with E-state index in [2.05, 4.69) is 31.1 Å². The van der Waals surface area contributed by atoms with Gasteiger partial charge >= 0.3 is 0 Å². The number of nitrogens with one attached hydrogen (secondary N) is 2. The fourth-order valence-corrected chi connectivity index (χ4v) is 3.27. The second-order valence-electron chi connectivity index (χ2n) is 7.29. The van der Waals surface area contributed by atoms with Crippen LogP contribution >= 0.6 is 0 Å². The Bertz CT molecular complexity index is 1060. The van der Waals surface area contributed by atoms with Crippen LogP contribution < -0.4 is 20.1 Å². The number of ether oxygens (including phenoxy) is 4. The van der Waals surface area contributed by atoms with Gasteiger partial charge < -0.3 is 24.3 Å². The van der Waals surface area contributed by atoms with Crippen molar-refractivity contribution in [2.24, 2.45) is 0 Å². The highest BCUT2D eigenvalue weighted by atomic mass is 16.7. The number of carbonyl (C=O) groups is 1. The Morgan fingerprint density at radius 2 is 2.06 bits per heavy atom. The summed E-state index contributed by atoms with van der Waals surface area (Å²) in [5, 5.41) is 18.2. The van der Waals surface area contributed by atoms with Crippen molar-refractivity contribution in [3.05, 3.63) is 54.1 Å². The van der Waals surface area contributed by atoms with E-state index in [0.717, 1.165) is 5.69 Å². The van der Waals surface area contributed by atoms with E-state index in [9.17, 15) is 4.79 Å². The van der Waals surface area contributed by atoms with Crippen LogP contribution in [0.3, 0.4) is 0 Å². The van der Waals surface area contributed by atoms with Gasteiger partial charge in [0.15, 0.2) is 17.3 Å². The normalized spacial score (nSPS) is 13.1. The van der Waals surface area contributed by atoms with Crippen LogP contribution in [-0.2, 0) is 20.8 Å². The maximum Gasteiger partial charge on any atom is 0.234 e. The number of hydrogen-bond acceptors (Lipinski definition) is 10. The fourth-order valence-electron chi connectivity index (χ4n) is 3.27. The van der Waals surface area contributed by atoms with Crippen molar-refractivity contribution in [3.8, 4) is 17.2 Å². The number of rotatable bonds is 13. The molecule has 1 atom stereocenters. The zero-order valence-corrected chi connectivity index (χ0v) is 18.8. The molecule has 34 heavy (non-hydrogen) atoms. The van der Waals surface area contributed by atoms with Crippen LogP contribution in [0.5, 0.6) is 11.5 Å². The number of tetrazole rings is 1. The highest BCUT2D eigenvalue weighted by Gasteiger charge is 2.23. The minimum absolute atomic E-state index is 0.0420. The first-order valence-corrected chi connectivity index (χ1v) is 11.0. The van der Waals surface area contributed by atoms with Crippen LogP contribution in [0.25, 0.3) is 5.69 Å². The molecule has 0 bridgehead atoms. The van der Waals surface area contributed by atoms with E-state index in [0.29, 0.717) is 49.4 Å². The predicted molar refractivity (Wildman–Crippen MR) is 119 cm³/mol. The Morgan fingerprint density at radius 3 is 2.91 bits per heavy atom. The lowest BCUT2D eigenvalue weighted by atomic mass is 10.2. The van der Waals surface area contributed by atoms with E-state index in [-0.39, 0.29) is 25.9 Å². The van der Waals surface area contributed by atoms with Crippen molar-refractivity contribution in [1.29, 1.82) is 0 Å². The minimum Gasteiger partial charge on any atom is -0.454 e. The van der Waals surface area contributed by atoms with Gasteiger partial charge in [0.2, 0.25) is 12.7 Å². The number of pyridine rings is 1. The molecule has 0 aliphatic carbocycles. The van der Waals surface area contributed by atoms with E-state index in [1.807, 2.05) is 31.2 Å². The maximum absolute atomic E-state index is 12.4. The van der Waals surface area contributed by atoms with Crippen molar-refractivity contribution in [2.45, 2.75) is 19.5 Å². The number of aromatic nitrogens is 5. The average Bonchev–Trinajstić information content (AvgIpc) is 3.54. The van der Waals surface area contributed by atoms with E-state index >= 15 is 0 Å². The molecule has 12 heteroatoms. The number of amides is 1. The first-order valence-electron chi connectivity index (χ1n) is 11.0. The molecule has 3 aromatic rings. The van der Waals surface area contributed by atoms with E-state index in [1.54, 1.807) is 23.0 Å². The van der Waals surface area contributed by atoms with Gasteiger partial charge in [-0.05, 0) is 41.6 Å². The lowest BCUT2D eigenvalue weighted by molar-refractivity contribution is -0.120. The molecule has 1 aliphatic rings. The molecule has 12 nitrogen and oxygen atoms in total. The maximum atomic E-state index is 12.4. The second kappa shape index (κ2) is 12.0. The van der Waals surface area contributed by atoms with E-state index in [1.165, 1.54) is 0 Å². The topological polar surface area (TPSA) is 135 Å². The third kappa shape index (κ3) is 6.25. The Labute approximate surface area is 196 Å². The summed E-state index contributed by atoms with van der Waals surface area (Å²) >= 11 is 0. The van der Waals surface area contributed by atoms with Gasteiger partial charge in [0.25, 0.3) is 0 Å². The van der Waals surface area contributed by atoms with E-state index < -0.39 is 6.04 Å². The fraction of sp³-hybridized carbons (Fsp3) is 0.409. The van der Waals surface area contributed by atoms with Crippen molar-refractivity contribution >= 4 is 5.91 Å². The molecule has 1 aromatic carbocycles. The third-order valence-corrected chi connectivity index (χ3v) is 4.97. The summed E-state index contributed by atoms with van der Waals surface area (Å²) in [6.07, 6.45) is 1.69. The molecule has 0 saturated carbocycles. The van der Waals surface area contributed by atoms with Crippen LogP contribution in [0.4, 0.5) is 0 Å². The predicted octanol–water partition coefficient (Wildman–Crippen LogP) is 0.786. The van der Waals surface area contributed by atoms with Gasteiger partial charge in [-0.1, -0.05) is 6.07 Å². The summed E-state index contributed by atoms with van der Waals surface area (Å²) in [5.41, 5.74) is 1.48. The largest absolute Gasteiger partial charge is 0.454 e. The Kier molecular flexibility index (Phi) is 8.32. The Hall–Kier alpha value is -3.61. The molecule has 0 radical (unpaired) electrons. The van der Waals surface area contributed by atoms with Gasteiger partial charge in [0.05, 0.1) is 50.3 Å².